The number of nitrogens with zero attached hydrogens (tertiary/aromatic N) is 1. The summed E-state index contributed by atoms with van der Waals surface area (Å²) in [7, 11) is 0. The van der Waals surface area contributed by atoms with E-state index >= 15 is 0 Å². The molecule has 4 heteroatoms. The Hall–Kier alpha value is -1.42. The number of hydrogen-bond donors (Lipinski definition) is 1. The molecule has 0 aromatic carbocycles. The Morgan fingerprint density at radius 3 is 2.76 bits per heavy atom. The molecule has 3 atom stereocenters. The van der Waals surface area contributed by atoms with Crippen molar-refractivity contribution in [2.75, 3.05) is 0 Å². The lowest BCUT2D eigenvalue weighted by atomic mass is 9.70. The number of hydrogen-bond acceptors (Lipinski definition) is 3. The first-order chi connectivity index (χ1) is 9.84. The van der Waals surface area contributed by atoms with Crippen LogP contribution in [0.2, 0.25) is 0 Å². The van der Waals surface area contributed by atoms with Crippen molar-refractivity contribution in [1.82, 2.24) is 4.98 Å². The van der Waals surface area contributed by atoms with E-state index < -0.39 is 5.97 Å². The van der Waals surface area contributed by atoms with Crippen LogP contribution in [0.5, 0.6) is 0 Å². The Kier molecular flexibility index (Phi) is 3.32. The standard InChI is InChI=1S/C17H23NO3/c1-16(2)11-7-8-17(16,3)14(9-11)21-10-12-5-4-6-13(18-12)15(19)20/h4-6,11,14H,7-10H2,1-3H3,(H,19,20). The minimum Gasteiger partial charge on any atom is -0.477 e. The number of rotatable bonds is 4. The highest BCUT2D eigenvalue weighted by Crippen LogP contribution is 2.66. The molecule has 21 heavy (non-hydrogen) atoms. The molecule has 114 valence electrons. The van der Waals surface area contributed by atoms with Crippen LogP contribution in [-0.2, 0) is 11.3 Å². The van der Waals surface area contributed by atoms with Gasteiger partial charge in [-0.05, 0) is 48.1 Å². The van der Waals surface area contributed by atoms with Crippen LogP contribution >= 0.6 is 0 Å². The second-order valence-corrected chi connectivity index (χ2v) is 7.23. The van der Waals surface area contributed by atoms with Gasteiger partial charge < -0.3 is 9.84 Å². The van der Waals surface area contributed by atoms with E-state index in [0.717, 1.165) is 12.3 Å². The molecule has 1 heterocycles. The maximum absolute atomic E-state index is 11.0. The highest BCUT2D eigenvalue weighted by Gasteiger charge is 2.61. The highest BCUT2D eigenvalue weighted by atomic mass is 16.5. The Morgan fingerprint density at radius 2 is 2.19 bits per heavy atom. The number of aromatic carboxylic acids is 1. The maximum Gasteiger partial charge on any atom is 0.354 e. The normalized spacial score (nSPS) is 33.3. The molecule has 0 spiro atoms. The van der Waals surface area contributed by atoms with Crippen molar-refractivity contribution in [1.29, 1.82) is 0 Å². The van der Waals surface area contributed by atoms with E-state index in [1.165, 1.54) is 18.9 Å². The minimum atomic E-state index is -0.995. The number of pyridine rings is 1. The van der Waals surface area contributed by atoms with E-state index in [-0.39, 0.29) is 17.2 Å². The number of carboxylic acid groups (broad SMARTS) is 1. The molecule has 0 radical (unpaired) electrons. The average Bonchev–Trinajstić information content (AvgIpc) is 2.78. The van der Waals surface area contributed by atoms with Crippen molar-refractivity contribution in [2.24, 2.45) is 16.7 Å². The van der Waals surface area contributed by atoms with Crippen LogP contribution < -0.4 is 0 Å². The van der Waals surface area contributed by atoms with Crippen LogP contribution in [0, 0.1) is 16.7 Å². The molecule has 3 unspecified atom stereocenters. The third-order valence-electron chi connectivity index (χ3n) is 6.17. The second-order valence-electron chi connectivity index (χ2n) is 7.23. The predicted octanol–water partition coefficient (Wildman–Crippen LogP) is 3.51. The summed E-state index contributed by atoms with van der Waals surface area (Å²) in [5.74, 6) is -0.254. The largest absolute Gasteiger partial charge is 0.477 e. The molecule has 2 bridgehead atoms. The summed E-state index contributed by atoms with van der Waals surface area (Å²) >= 11 is 0. The maximum atomic E-state index is 11.0. The number of carboxylic acids is 1. The third kappa shape index (κ3) is 2.16. The molecule has 3 rings (SSSR count). The minimum absolute atomic E-state index is 0.0792. The summed E-state index contributed by atoms with van der Waals surface area (Å²) in [4.78, 5) is 15.1. The van der Waals surface area contributed by atoms with Gasteiger partial charge in [-0.2, -0.15) is 0 Å². The predicted molar refractivity (Wildman–Crippen MR) is 79.0 cm³/mol. The van der Waals surface area contributed by atoms with Gasteiger partial charge in [0.15, 0.2) is 0 Å². The van der Waals surface area contributed by atoms with Crippen LogP contribution in [0.3, 0.4) is 0 Å². The van der Waals surface area contributed by atoms with Gasteiger partial charge in [-0.15, -0.1) is 0 Å². The van der Waals surface area contributed by atoms with Gasteiger partial charge in [0.05, 0.1) is 18.4 Å². The molecule has 1 aromatic heterocycles. The monoisotopic (exact) mass is 289 g/mol. The molecular formula is C17H23NO3. The van der Waals surface area contributed by atoms with E-state index in [4.69, 9.17) is 9.84 Å². The summed E-state index contributed by atoms with van der Waals surface area (Å²) in [5, 5.41) is 8.98. The summed E-state index contributed by atoms with van der Waals surface area (Å²) in [6, 6.07) is 5.06. The highest BCUT2D eigenvalue weighted by molar-refractivity contribution is 5.85. The SMILES string of the molecule is CC1(C)C2CCC1(C)C(OCc1cccc(C(=O)O)n1)C2. The molecule has 2 fully saturated rings. The fraction of sp³-hybridized carbons (Fsp3) is 0.647. The van der Waals surface area contributed by atoms with Crippen molar-refractivity contribution in [3.63, 3.8) is 0 Å². The van der Waals surface area contributed by atoms with E-state index in [1.807, 2.05) is 6.07 Å². The van der Waals surface area contributed by atoms with Gasteiger partial charge in [0.25, 0.3) is 0 Å². The van der Waals surface area contributed by atoms with Crippen molar-refractivity contribution in [2.45, 2.75) is 52.7 Å². The van der Waals surface area contributed by atoms with E-state index in [0.29, 0.717) is 17.7 Å². The average molecular weight is 289 g/mol. The molecule has 0 aliphatic heterocycles. The zero-order valence-electron chi connectivity index (χ0n) is 12.9. The fourth-order valence-corrected chi connectivity index (χ4v) is 4.25. The van der Waals surface area contributed by atoms with Crippen molar-refractivity contribution in [3.8, 4) is 0 Å². The number of fused-ring (bicyclic) bond motifs is 2. The van der Waals surface area contributed by atoms with Crippen LogP contribution in [0.15, 0.2) is 18.2 Å². The van der Waals surface area contributed by atoms with Gasteiger partial charge in [0.1, 0.15) is 5.69 Å². The molecule has 1 N–H and O–H groups in total. The Bertz CT molecular complexity index is 569. The fourth-order valence-electron chi connectivity index (χ4n) is 4.25. The molecule has 4 nitrogen and oxygen atoms in total. The summed E-state index contributed by atoms with van der Waals surface area (Å²) in [6.07, 6.45) is 3.89. The first-order valence-corrected chi connectivity index (χ1v) is 7.65. The van der Waals surface area contributed by atoms with Gasteiger partial charge in [-0.3, -0.25) is 0 Å². The number of ether oxygens (including phenoxy) is 1. The summed E-state index contributed by atoms with van der Waals surface area (Å²) in [5.41, 5.74) is 1.32. The topological polar surface area (TPSA) is 59.4 Å². The zero-order valence-corrected chi connectivity index (χ0v) is 12.9. The number of carbonyl (C=O) groups is 1. The Morgan fingerprint density at radius 1 is 1.43 bits per heavy atom. The van der Waals surface area contributed by atoms with Gasteiger partial charge in [0.2, 0.25) is 0 Å². The Labute approximate surface area is 125 Å². The zero-order chi connectivity index (χ0) is 15.3. The van der Waals surface area contributed by atoms with E-state index in [2.05, 4.69) is 25.8 Å². The van der Waals surface area contributed by atoms with Crippen molar-refractivity contribution < 1.29 is 14.6 Å². The first-order valence-electron chi connectivity index (χ1n) is 7.65. The third-order valence-corrected chi connectivity index (χ3v) is 6.17. The Balaban J connectivity index is 1.69. The summed E-state index contributed by atoms with van der Waals surface area (Å²) < 4.78 is 6.14. The van der Waals surface area contributed by atoms with Crippen LogP contribution in [0.25, 0.3) is 0 Å². The van der Waals surface area contributed by atoms with Gasteiger partial charge in [-0.25, -0.2) is 9.78 Å². The van der Waals surface area contributed by atoms with Crippen molar-refractivity contribution in [3.05, 3.63) is 29.6 Å². The molecule has 0 amide bonds. The van der Waals surface area contributed by atoms with Crippen LogP contribution in [0.1, 0.15) is 56.2 Å². The quantitative estimate of drug-likeness (QED) is 0.921. The molecule has 0 saturated heterocycles. The molecule has 2 aliphatic carbocycles. The van der Waals surface area contributed by atoms with Gasteiger partial charge in [0, 0.05) is 0 Å². The molecular weight excluding hydrogens is 266 g/mol. The molecule has 1 aromatic rings. The lowest BCUT2D eigenvalue weighted by molar-refractivity contribution is -0.0560. The van der Waals surface area contributed by atoms with Gasteiger partial charge >= 0.3 is 5.97 Å². The lowest BCUT2D eigenvalue weighted by Crippen LogP contribution is -2.37. The van der Waals surface area contributed by atoms with Crippen molar-refractivity contribution >= 4 is 5.97 Å². The first kappa shape index (κ1) is 14.5. The second kappa shape index (κ2) is 4.80. The lowest BCUT2D eigenvalue weighted by Gasteiger charge is -2.38. The van der Waals surface area contributed by atoms with E-state index in [9.17, 15) is 4.79 Å². The summed E-state index contributed by atoms with van der Waals surface area (Å²) in [6.45, 7) is 7.45. The smallest absolute Gasteiger partial charge is 0.354 e. The van der Waals surface area contributed by atoms with Gasteiger partial charge in [-0.1, -0.05) is 26.8 Å². The number of aromatic nitrogens is 1. The van der Waals surface area contributed by atoms with Crippen LogP contribution in [0.4, 0.5) is 0 Å². The van der Waals surface area contributed by atoms with E-state index in [1.54, 1.807) is 6.07 Å². The van der Waals surface area contributed by atoms with Crippen LogP contribution in [-0.4, -0.2) is 22.2 Å². The molecule has 2 aliphatic rings. The molecule has 2 saturated carbocycles.